The summed E-state index contributed by atoms with van der Waals surface area (Å²) in [7, 11) is 0. The Labute approximate surface area is 181 Å². The summed E-state index contributed by atoms with van der Waals surface area (Å²) >= 11 is 2.14. The molecular weight excluding hydrogens is 424 g/mol. The van der Waals surface area contributed by atoms with Crippen LogP contribution >= 0.6 is 23.1 Å². The van der Waals surface area contributed by atoms with E-state index < -0.39 is 11.5 Å². The second-order valence-electron chi connectivity index (χ2n) is 6.63. The van der Waals surface area contributed by atoms with E-state index in [0.717, 1.165) is 44.6 Å². The van der Waals surface area contributed by atoms with Crippen molar-refractivity contribution in [2.75, 3.05) is 23.5 Å². The highest BCUT2D eigenvalue weighted by Gasteiger charge is 2.22. The van der Waals surface area contributed by atoms with E-state index in [1.807, 2.05) is 32.0 Å². The lowest BCUT2D eigenvalue weighted by Crippen LogP contribution is -2.30. The number of fused-ring (bicyclic) bond motifs is 1. The number of para-hydroxylation sites is 1. The molecule has 0 saturated heterocycles. The molecule has 1 aromatic carbocycles. The third kappa shape index (κ3) is 4.19. The highest BCUT2D eigenvalue weighted by molar-refractivity contribution is 7.99. The largest absolute Gasteiger partial charge is 0.462 e. The molecule has 2 aromatic heterocycles. The topological polar surface area (TPSA) is 116 Å². The first-order chi connectivity index (χ1) is 14.2. The normalized spacial score (nSPS) is 10.9. The minimum Gasteiger partial charge on any atom is -0.462 e. The predicted octanol–water partition coefficient (Wildman–Crippen LogP) is 3.00. The van der Waals surface area contributed by atoms with E-state index in [0.29, 0.717) is 15.3 Å². The standard InChI is InChI=1S/C20H22N4O4S2/c1-5-28-19(27)16-12(4)14-17(30-16)23-20(24(21)18(14)26)29-9-13(25)22-15-10(2)7-6-8-11(15)3/h6-8H,5,9,21H2,1-4H3,(H,22,25). The van der Waals surface area contributed by atoms with Gasteiger partial charge in [0.15, 0.2) is 5.16 Å². The Morgan fingerprint density at radius 2 is 1.93 bits per heavy atom. The Morgan fingerprint density at radius 1 is 1.27 bits per heavy atom. The van der Waals surface area contributed by atoms with Crippen molar-refractivity contribution in [3.8, 4) is 0 Å². The number of hydrogen-bond acceptors (Lipinski definition) is 8. The summed E-state index contributed by atoms with van der Waals surface area (Å²) in [6, 6.07) is 5.76. The summed E-state index contributed by atoms with van der Waals surface area (Å²) in [5.74, 6) is 5.22. The molecule has 1 amide bonds. The van der Waals surface area contributed by atoms with Crippen molar-refractivity contribution in [2.24, 2.45) is 0 Å². The molecule has 0 bridgehead atoms. The molecule has 10 heteroatoms. The van der Waals surface area contributed by atoms with E-state index in [1.54, 1.807) is 13.8 Å². The maximum atomic E-state index is 12.7. The lowest BCUT2D eigenvalue weighted by atomic mass is 10.1. The number of thiophene rings is 1. The number of aryl methyl sites for hydroxylation is 3. The number of nitrogens with two attached hydrogens (primary N) is 1. The van der Waals surface area contributed by atoms with Crippen molar-refractivity contribution in [2.45, 2.75) is 32.9 Å². The predicted molar refractivity (Wildman–Crippen MR) is 120 cm³/mol. The molecule has 0 fully saturated rings. The molecule has 0 saturated carbocycles. The second kappa shape index (κ2) is 8.88. The number of rotatable bonds is 6. The summed E-state index contributed by atoms with van der Waals surface area (Å²) < 4.78 is 5.95. The number of carbonyl (C=O) groups is 2. The molecule has 158 valence electrons. The number of carbonyl (C=O) groups excluding carboxylic acids is 2. The molecule has 0 atom stereocenters. The molecule has 0 aliphatic carbocycles. The number of thioether (sulfide) groups is 1. The summed E-state index contributed by atoms with van der Waals surface area (Å²) in [6.45, 7) is 7.45. The Morgan fingerprint density at radius 3 is 2.57 bits per heavy atom. The van der Waals surface area contributed by atoms with Crippen LogP contribution in [0, 0.1) is 20.8 Å². The van der Waals surface area contributed by atoms with E-state index in [9.17, 15) is 14.4 Å². The number of nitrogens with zero attached hydrogens (tertiary/aromatic N) is 2. The molecule has 3 aromatic rings. The first-order valence-corrected chi connectivity index (χ1v) is 11.0. The summed E-state index contributed by atoms with van der Waals surface area (Å²) in [4.78, 5) is 42.4. The Bertz CT molecular complexity index is 1180. The first-order valence-electron chi connectivity index (χ1n) is 9.21. The van der Waals surface area contributed by atoms with Gasteiger partial charge in [0.1, 0.15) is 9.71 Å². The van der Waals surface area contributed by atoms with Gasteiger partial charge in [0.05, 0.1) is 17.7 Å². The van der Waals surface area contributed by atoms with Crippen LogP contribution in [-0.4, -0.2) is 33.9 Å². The fraction of sp³-hybridized carbons (Fsp3) is 0.300. The maximum absolute atomic E-state index is 12.7. The van der Waals surface area contributed by atoms with Gasteiger partial charge in [-0.1, -0.05) is 30.0 Å². The number of anilines is 1. The summed E-state index contributed by atoms with van der Waals surface area (Å²) in [5, 5.41) is 3.37. The third-order valence-electron chi connectivity index (χ3n) is 4.50. The quantitative estimate of drug-likeness (QED) is 0.259. The molecule has 0 spiro atoms. The first kappa shape index (κ1) is 21.8. The van der Waals surface area contributed by atoms with Gasteiger partial charge in [-0.3, -0.25) is 9.59 Å². The molecule has 2 heterocycles. The zero-order chi connectivity index (χ0) is 22.0. The molecule has 0 aliphatic heterocycles. The smallest absolute Gasteiger partial charge is 0.348 e. The van der Waals surface area contributed by atoms with Crippen molar-refractivity contribution in [3.63, 3.8) is 0 Å². The van der Waals surface area contributed by atoms with Crippen molar-refractivity contribution >= 4 is 50.9 Å². The summed E-state index contributed by atoms with van der Waals surface area (Å²) in [6.07, 6.45) is 0. The average molecular weight is 447 g/mol. The van der Waals surface area contributed by atoms with Crippen LogP contribution in [0.4, 0.5) is 5.69 Å². The molecule has 3 rings (SSSR count). The lowest BCUT2D eigenvalue weighted by Gasteiger charge is -2.11. The van der Waals surface area contributed by atoms with Gasteiger partial charge in [0.25, 0.3) is 5.56 Å². The number of amides is 1. The second-order valence-corrected chi connectivity index (χ2v) is 8.57. The monoisotopic (exact) mass is 446 g/mol. The molecule has 3 N–H and O–H groups in total. The van der Waals surface area contributed by atoms with Crippen LogP contribution in [0.5, 0.6) is 0 Å². The highest BCUT2D eigenvalue weighted by atomic mass is 32.2. The average Bonchev–Trinajstić information content (AvgIpc) is 3.03. The SMILES string of the molecule is CCOC(=O)c1sc2nc(SCC(=O)Nc3c(C)cccc3C)n(N)c(=O)c2c1C. The van der Waals surface area contributed by atoms with Gasteiger partial charge >= 0.3 is 5.97 Å². The van der Waals surface area contributed by atoms with Crippen molar-refractivity contribution < 1.29 is 14.3 Å². The van der Waals surface area contributed by atoms with Gasteiger partial charge in [-0.25, -0.2) is 14.5 Å². The van der Waals surface area contributed by atoms with Crippen LogP contribution in [0.2, 0.25) is 0 Å². The Balaban J connectivity index is 1.84. The third-order valence-corrected chi connectivity index (χ3v) is 6.62. The van der Waals surface area contributed by atoms with Crippen molar-refractivity contribution in [3.05, 3.63) is 50.1 Å². The van der Waals surface area contributed by atoms with Crippen LogP contribution in [0.1, 0.15) is 33.3 Å². The minimum atomic E-state index is -0.497. The van der Waals surface area contributed by atoms with E-state index >= 15 is 0 Å². The maximum Gasteiger partial charge on any atom is 0.348 e. The molecule has 0 radical (unpaired) electrons. The molecular formula is C20H22N4O4S2. The van der Waals surface area contributed by atoms with E-state index in [4.69, 9.17) is 10.6 Å². The molecule has 0 aliphatic rings. The van der Waals surface area contributed by atoms with Gasteiger partial charge in [0, 0.05) is 5.69 Å². The Kier molecular flexibility index (Phi) is 6.47. The van der Waals surface area contributed by atoms with Crippen molar-refractivity contribution in [1.82, 2.24) is 9.66 Å². The van der Waals surface area contributed by atoms with Crippen LogP contribution in [-0.2, 0) is 9.53 Å². The zero-order valence-electron chi connectivity index (χ0n) is 17.1. The number of nitrogen functional groups attached to an aromatic ring is 1. The van der Waals surface area contributed by atoms with E-state index in [-0.39, 0.29) is 28.8 Å². The van der Waals surface area contributed by atoms with Crippen molar-refractivity contribution in [1.29, 1.82) is 0 Å². The highest BCUT2D eigenvalue weighted by Crippen LogP contribution is 2.29. The van der Waals surface area contributed by atoms with Crippen LogP contribution in [0.15, 0.2) is 28.2 Å². The number of ether oxygens (including phenoxy) is 1. The zero-order valence-corrected chi connectivity index (χ0v) is 18.7. The fourth-order valence-electron chi connectivity index (χ4n) is 2.99. The number of hydrogen-bond donors (Lipinski definition) is 2. The molecule has 30 heavy (non-hydrogen) atoms. The molecule has 0 unspecified atom stereocenters. The van der Waals surface area contributed by atoms with Gasteiger partial charge < -0.3 is 15.9 Å². The molecule has 8 nitrogen and oxygen atoms in total. The number of esters is 1. The fourth-order valence-corrected chi connectivity index (χ4v) is 4.82. The Hall–Kier alpha value is -2.85. The van der Waals surface area contributed by atoms with E-state index in [2.05, 4.69) is 10.3 Å². The number of nitrogens with one attached hydrogen (secondary N) is 1. The minimum absolute atomic E-state index is 0.0258. The van der Waals surface area contributed by atoms with Crippen LogP contribution in [0.25, 0.3) is 10.2 Å². The lowest BCUT2D eigenvalue weighted by molar-refractivity contribution is -0.113. The van der Waals surface area contributed by atoms with Crippen LogP contribution in [0.3, 0.4) is 0 Å². The van der Waals surface area contributed by atoms with E-state index in [1.165, 1.54) is 0 Å². The van der Waals surface area contributed by atoms with Gasteiger partial charge in [-0.05, 0) is 44.4 Å². The van der Waals surface area contributed by atoms with Gasteiger partial charge in [0.2, 0.25) is 5.91 Å². The summed E-state index contributed by atoms with van der Waals surface area (Å²) in [5.41, 5.74) is 2.72. The van der Waals surface area contributed by atoms with Gasteiger partial charge in [-0.15, -0.1) is 11.3 Å². The number of aromatic nitrogens is 2. The van der Waals surface area contributed by atoms with Gasteiger partial charge in [-0.2, -0.15) is 0 Å². The van der Waals surface area contributed by atoms with Crippen LogP contribution < -0.4 is 16.7 Å². The number of benzene rings is 1.